The number of H-pyrrole nitrogens is 1. The third-order valence-corrected chi connectivity index (χ3v) is 6.18. The predicted molar refractivity (Wildman–Crippen MR) is 128 cm³/mol. The smallest absolute Gasteiger partial charge is 0.236 e. The fourth-order valence-electron chi connectivity index (χ4n) is 4.25. The van der Waals surface area contributed by atoms with Crippen LogP contribution in [0, 0.1) is 0 Å². The van der Waals surface area contributed by atoms with Crippen molar-refractivity contribution >= 4 is 28.4 Å². The van der Waals surface area contributed by atoms with E-state index in [1.807, 2.05) is 30.3 Å². The number of hydrogen-bond donors (Lipinski definition) is 2. The number of aromatic nitrogens is 3. The number of amides is 1. The number of carbonyl (C=O) groups excluding carboxylic acids is 1. The first-order chi connectivity index (χ1) is 15.9. The molecule has 0 saturated carbocycles. The molecule has 9 nitrogen and oxygen atoms in total. The zero-order valence-electron chi connectivity index (χ0n) is 19.9. The van der Waals surface area contributed by atoms with Gasteiger partial charge in [-0.1, -0.05) is 0 Å². The Bertz CT molecular complexity index is 1140. The van der Waals surface area contributed by atoms with E-state index in [-0.39, 0.29) is 11.9 Å². The Hall–Kier alpha value is -3.33. The summed E-state index contributed by atoms with van der Waals surface area (Å²) in [5.41, 5.74) is 3.66. The van der Waals surface area contributed by atoms with Gasteiger partial charge in [-0.25, -0.2) is 9.97 Å². The number of nitrogens with zero attached hydrogens (tertiary/aromatic N) is 4. The van der Waals surface area contributed by atoms with E-state index >= 15 is 0 Å². The number of hydrogen-bond acceptors (Lipinski definition) is 7. The van der Waals surface area contributed by atoms with Crippen molar-refractivity contribution in [2.75, 3.05) is 39.7 Å². The maximum absolute atomic E-state index is 13.0. The Labute approximate surface area is 194 Å². The predicted octanol–water partition coefficient (Wildman–Crippen LogP) is 3.33. The molecule has 1 aliphatic heterocycles. The van der Waals surface area contributed by atoms with Gasteiger partial charge in [0.2, 0.25) is 5.91 Å². The van der Waals surface area contributed by atoms with Crippen molar-refractivity contribution in [3.05, 3.63) is 35.8 Å². The molecule has 4 rings (SSSR count). The maximum atomic E-state index is 13.0. The summed E-state index contributed by atoms with van der Waals surface area (Å²) in [6, 6.07) is 4.11. The van der Waals surface area contributed by atoms with Crippen LogP contribution >= 0.6 is 0 Å². The van der Waals surface area contributed by atoms with Crippen LogP contribution in [0.1, 0.15) is 31.4 Å². The average Bonchev–Trinajstić information content (AvgIpc) is 3.21. The Balaban J connectivity index is 1.85. The summed E-state index contributed by atoms with van der Waals surface area (Å²) in [5, 5.41) is 4.43. The minimum atomic E-state index is 0.0988. The van der Waals surface area contributed by atoms with Crippen LogP contribution in [0.5, 0.6) is 11.5 Å². The fourth-order valence-corrected chi connectivity index (χ4v) is 4.25. The van der Waals surface area contributed by atoms with Gasteiger partial charge in [0.1, 0.15) is 17.8 Å². The van der Waals surface area contributed by atoms with Crippen LogP contribution in [0.2, 0.25) is 0 Å². The number of ether oxygens (including phenoxy) is 2. The van der Waals surface area contributed by atoms with Crippen molar-refractivity contribution in [2.45, 2.75) is 39.3 Å². The number of aromatic amines is 1. The summed E-state index contributed by atoms with van der Waals surface area (Å²) in [6.07, 6.45) is 5.18. The lowest BCUT2D eigenvalue weighted by Crippen LogP contribution is -2.41. The van der Waals surface area contributed by atoms with Gasteiger partial charge in [-0.05, 0) is 38.3 Å². The largest absolute Gasteiger partial charge is 0.493 e. The second-order valence-corrected chi connectivity index (χ2v) is 8.67. The summed E-state index contributed by atoms with van der Waals surface area (Å²) >= 11 is 0. The molecule has 1 aliphatic rings. The van der Waals surface area contributed by atoms with E-state index in [9.17, 15) is 4.79 Å². The van der Waals surface area contributed by atoms with Crippen molar-refractivity contribution in [1.29, 1.82) is 0 Å². The van der Waals surface area contributed by atoms with Crippen LogP contribution in [0.15, 0.2) is 24.7 Å². The highest BCUT2D eigenvalue weighted by molar-refractivity contribution is 5.92. The summed E-state index contributed by atoms with van der Waals surface area (Å²) in [5.74, 6) is 2.11. The zero-order valence-corrected chi connectivity index (χ0v) is 19.9. The quantitative estimate of drug-likeness (QED) is 0.629. The standard InChI is InChI=1S/C24H32N6O3/c1-15(2)30-12-17-9-18(10-19(32-4)22(17)33-5)28-24-21-16(11-25-23(21)26-14-27-24)7-6-8-29(3)20(31)13-30/h9-11,14-15H,6-8,12-13H2,1-5H3,(H2,25,26,27,28). The normalized spacial score (nSPS) is 15.8. The minimum absolute atomic E-state index is 0.0988. The molecule has 0 atom stereocenters. The van der Waals surface area contributed by atoms with Crippen LogP contribution in [-0.4, -0.2) is 71.1 Å². The lowest BCUT2D eigenvalue weighted by molar-refractivity contribution is -0.131. The van der Waals surface area contributed by atoms with E-state index in [4.69, 9.17) is 9.47 Å². The Morgan fingerprint density at radius 1 is 1.09 bits per heavy atom. The molecule has 0 saturated heterocycles. The lowest BCUT2D eigenvalue weighted by atomic mass is 10.1. The molecule has 2 aromatic heterocycles. The second-order valence-electron chi connectivity index (χ2n) is 8.67. The Kier molecular flexibility index (Phi) is 6.69. The summed E-state index contributed by atoms with van der Waals surface area (Å²) in [6.45, 7) is 5.74. The topological polar surface area (TPSA) is 95.6 Å². The average molecular weight is 453 g/mol. The number of rotatable bonds is 3. The van der Waals surface area contributed by atoms with Crippen molar-refractivity contribution in [1.82, 2.24) is 24.8 Å². The van der Waals surface area contributed by atoms with Crippen molar-refractivity contribution < 1.29 is 14.3 Å². The van der Waals surface area contributed by atoms with Gasteiger partial charge in [-0.3, -0.25) is 9.69 Å². The molecule has 1 aromatic carbocycles. The highest BCUT2D eigenvalue weighted by atomic mass is 16.5. The number of anilines is 2. The molecule has 2 N–H and O–H groups in total. The number of likely N-dealkylation sites (N-methyl/N-ethyl adjacent to an activating group) is 1. The first kappa shape index (κ1) is 22.8. The van der Waals surface area contributed by atoms with E-state index in [0.29, 0.717) is 31.1 Å². The SMILES string of the molecule is COc1cc2cc(c1OC)CN(C(C)C)CC(=O)N(C)CCCc1c[nH]c3ncnc(c13)N2. The first-order valence-corrected chi connectivity index (χ1v) is 11.2. The molecule has 0 unspecified atom stereocenters. The fraction of sp³-hybridized carbons (Fsp3) is 0.458. The van der Waals surface area contributed by atoms with E-state index in [2.05, 4.69) is 39.0 Å². The third kappa shape index (κ3) is 4.73. The molecule has 0 radical (unpaired) electrons. The second kappa shape index (κ2) is 9.66. The molecule has 1 amide bonds. The maximum Gasteiger partial charge on any atom is 0.236 e. The zero-order chi connectivity index (χ0) is 23.5. The van der Waals surface area contributed by atoms with E-state index in [0.717, 1.165) is 46.5 Å². The number of benzene rings is 1. The van der Waals surface area contributed by atoms with Crippen LogP contribution in [0.4, 0.5) is 11.5 Å². The van der Waals surface area contributed by atoms with Gasteiger partial charge in [0.25, 0.3) is 0 Å². The van der Waals surface area contributed by atoms with Gasteiger partial charge in [-0.2, -0.15) is 0 Å². The molecule has 3 heterocycles. The molecule has 0 spiro atoms. The van der Waals surface area contributed by atoms with Crippen LogP contribution in [0.25, 0.3) is 11.0 Å². The molecule has 176 valence electrons. The highest BCUT2D eigenvalue weighted by Gasteiger charge is 2.22. The Morgan fingerprint density at radius 3 is 2.64 bits per heavy atom. The van der Waals surface area contributed by atoms with Gasteiger partial charge < -0.3 is 24.7 Å². The summed E-state index contributed by atoms with van der Waals surface area (Å²) in [7, 11) is 5.13. The monoisotopic (exact) mass is 452 g/mol. The summed E-state index contributed by atoms with van der Waals surface area (Å²) < 4.78 is 11.4. The van der Waals surface area contributed by atoms with Crippen LogP contribution < -0.4 is 14.8 Å². The van der Waals surface area contributed by atoms with Gasteiger partial charge in [0, 0.05) is 49.7 Å². The molecular formula is C24H32N6O3. The lowest BCUT2D eigenvalue weighted by Gasteiger charge is -2.29. The minimum Gasteiger partial charge on any atom is -0.493 e. The number of nitrogens with one attached hydrogen (secondary N) is 2. The number of carbonyl (C=O) groups is 1. The van der Waals surface area contributed by atoms with Gasteiger partial charge >= 0.3 is 0 Å². The highest BCUT2D eigenvalue weighted by Crippen LogP contribution is 2.37. The number of methoxy groups -OCH3 is 2. The number of aryl methyl sites for hydroxylation is 1. The molecule has 2 bridgehead atoms. The first-order valence-electron chi connectivity index (χ1n) is 11.2. The Morgan fingerprint density at radius 2 is 1.91 bits per heavy atom. The van der Waals surface area contributed by atoms with Gasteiger partial charge in [-0.15, -0.1) is 0 Å². The molecule has 9 heteroatoms. The summed E-state index contributed by atoms with van der Waals surface area (Å²) in [4.78, 5) is 29.1. The van der Waals surface area contributed by atoms with Gasteiger partial charge in [0.05, 0.1) is 26.2 Å². The third-order valence-electron chi connectivity index (χ3n) is 6.18. The van der Waals surface area contributed by atoms with E-state index in [1.165, 1.54) is 0 Å². The van der Waals surface area contributed by atoms with Crippen molar-refractivity contribution in [3.63, 3.8) is 0 Å². The molecule has 0 aliphatic carbocycles. The van der Waals surface area contributed by atoms with Gasteiger partial charge in [0.15, 0.2) is 11.5 Å². The van der Waals surface area contributed by atoms with Crippen LogP contribution in [-0.2, 0) is 17.8 Å². The molecule has 33 heavy (non-hydrogen) atoms. The van der Waals surface area contributed by atoms with E-state index in [1.54, 1.807) is 20.5 Å². The molecule has 3 aromatic rings. The van der Waals surface area contributed by atoms with Crippen molar-refractivity contribution in [2.24, 2.45) is 0 Å². The molecular weight excluding hydrogens is 420 g/mol. The van der Waals surface area contributed by atoms with E-state index < -0.39 is 0 Å². The van der Waals surface area contributed by atoms with Crippen molar-refractivity contribution in [3.8, 4) is 11.5 Å². The molecule has 0 fully saturated rings. The number of fused-ring (bicyclic) bond motifs is 2. The van der Waals surface area contributed by atoms with Crippen LogP contribution in [0.3, 0.4) is 0 Å².